The van der Waals surface area contributed by atoms with Crippen molar-refractivity contribution in [3.63, 3.8) is 0 Å². The van der Waals surface area contributed by atoms with Crippen molar-refractivity contribution < 1.29 is 4.79 Å². The molecule has 5 nitrogen and oxygen atoms in total. The Morgan fingerprint density at radius 3 is 2.15 bits per heavy atom. The summed E-state index contributed by atoms with van der Waals surface area (Å²) in [5, 5.41) is 6.04. The molecule has 0 aromatic rings. The highest BCUT2D eigenvalue weighted by atomic mass is 16.1. The van der Waals surface area contributed by atoms with Gasteiger partial charge in [0.05, 0.1) is 13.1 Å². The molecule has 0 fully saturated rings. The Labute approximate surface area is 77.3 Å². The normalized spacial score (nSPS) is 25.1. The van der Waals surface area contributed by atoms with Gasteiger partial charge in [0, 0.05) is 25.5 Å². The van der Waals surface area contributed by atoms with Gasteiger partial charge in [0.1, 0.15) is 6.17 Å². The number of nitrogens with one attached hydrogen (secondary N) is 2. The van der Waals surface area contributed by atoms with Gasteiger partial charge in [-0.15, -0.1) is 0 Å². The number of rotatable bonds is 1. The predicted molar refractivity (Wildman–Crippen MR) is 52.6 cm³/mol. The highest BCUT2D eigenvalue weighted by molar-refractivity contribution is 6.15. The fraction of sp³-hybridized carbons (Fsp3) is 0.625. The molecule has 0 spiro atoms. The maximum absolute atomic E-state index is 10.5. The van der Waals surface area contributed by atoms with E-state index in [1.165, 1.54) is 0 Å². The topological polar surface area (TPSA) is 65.8 Å². The molecule has 5 heteroatoms. The SMILES string of the molecule is O=CC1NCCN=CC=NCCN1. The highest BCUT2D eigenvalue weighted by Gasteiger charge is 2.03. The standard InChI is InChI=1S/C8H14N4O/c13-7-8-11-5-3-9-1-2-10-4-6-12-8/h1-2,7-8,11-12H,3-6H2. The van der Waals surface area contributed by atoms with Gasteiger partial charge in [-0.1, -0.05) is 0 Å². The molecule has 1 rings (SSSR count). The van der Waals surface area contributed by atoms with Crippen molar-refractivity contribution >= 4 is 18.7 Å². The van der Waals surface area contributed by atoms with Crippen molar-refractivity contribution in [3.8, 4) is 0 Å². The molecular weight excluding hydrogens is 168 g/mol. The van der Waals surface area contributed by atoms with Gasteiger partial charge < -0.3 is 4.79 Å². The fourth-order valence-electron chi connectivity index (χ4n) is 0.981. The minimum atomic E-state index is -0.275. The number of aliphatic imine (C=N–C) groups is 2. The Hall–Kier alpha value is -1.07. The van der Waals surface area contributed by atoms with E-state index in [9.17, 15) is 4.79 Å². The van der Waals surface area contributed by atoms with Crippen LogP contribution >= 0.6 is 0 Å². The zero-order valence-electron chi connectivity index (χ0n) is 7.44. The van der Waals surface area contributed by atoms with Crippen molar-refractivity contribution in [1.29, 1.82) is 0 Å². The van der Waals surface area contributed by atoms with E-state index in [1.807, 2.05) is 0 Å². The van der Waals surface area contributed by atoms with Gasteiger partial charge in [0.25, 0.3) is 0 Å². The molecule has 1 aliphatic heterocycles. The molecule has 0 saturated carbocycles. The van der Waals surface area contributed by atoms with Gasteiger partial charge in [-0.25, -0.2) is 0 Å². The second kappa shape index (κ2) is 6.45. The molecule has 0 saturated heterocycles. The van der Waals surface area contributed by atoms with Crippen LogP contribution in [0.2, 0.25) is 0 Å². The summed E-state index contributed by atoms with van der Waals surface area (Å²) in [5.41, 5.74) is 0. The molecule has 0 aliphatic carbocycles. The minimum Gasteiger partial charge on any atom is -0.300 e. The maximum atomic E-state index is 10.5. The lowest BCUT2D eigenvalue weighted by Crippen LogP contribution is -2.45. The first-order chi connectivity index (χ1) is 6.43. The summed E-state index contributed by atoms with van der Waals surface area (Å²) in [4.78, 5) is 18.6. The van der Waals surface area contributed by atoms with Crippen LogP contribution in [0.25, 0.3) is 0 Å². The van der Waals surface area contributed by atoms with Gasteiger partial charge in [0.15, 0.2) is 6.29 Å². The van der Waals surface area contributed by atoms with Gasteiger partial charge in [-0.2, -0.15) is 0 Å². The van der Waals surface area contributed by atoms with Gasteiger partial charge in [-0.3, -0.25) is 20.6 Å². The molecule has 0 unspecified atom stereocenters. The van der Waals surface area contributed by atoms with E-state index in [-0.39, 0.29) is 6.17 Å². The maximum Gasteiger partial charge on any atom is 0.151 e. The average Bonchev–Trinajstić information content (AvgIpc) is 2.22. The molecule has 0 atom stereocenters. The number of nitrogens with zero attached hydrogens (tertiary/aromatic N) is 2. The molecular formula is C8H14N4O. The van der Waals surface area contributed by atoms with E-state index in [2.05, 4.69) is 20.6 Å². The van der Waals surface area contributed by atoms with E-state index in [1.54, 1.807) is 12.4 Å². The summed E-state index contributed by atoms with van der Waals surface area (Å²) in [6.45, 7) is 2.72. The molecule has 1 heterocycles. The summed E-state index contributed by atoms with van der Waals surface area (Å²) >= 11 is 0. The molecule has 13 heavy (non-hydrogen) atoms. The Morgan fingerprint density at radius 1 is 1.15 bits per heavy atom. The first kappa shape index (κ1) is 10.0. The molecule has 0 radical (unpaired) electrons. The smallest absolute Gasteiger partial charge is 0.151 e. The van der Waals surface area contributed by atoms with Crippen molar-refractivity contribution in [1.82, 2.24) is 10.6 Å². The average molecular weight is 182 g/mol. The van der Waals surface area contributed by atoms with Crippen LogP contribution in [0.5, 0.6) is 0 Å². The van der Waals surface area contributed by atoms with E-state index < -0.39 is 0 Å². The lowest BCUT2D eigenvalue weighted by molar-refractivity contribution is -0.110. The molecule has 0 aromatic carbocycles. The number of carbonyl (C=O) groups is 1. The number of hydrogen-bond acceptors (Lipinski definition) is 5. The molecule has 0 amide bonds. The summed E-state index contributed by atoms with van der Waals surface area (Å²) in [5.74, 6) is 0. The lowest BCUT2D eigenvalue weighted by atomic mass is 10.4. The second-order valence-corrected chi connectivity index (χ2v) is 2.63. The van der Waals surface area contributed by atoms with E-state index >= 15 is 0 Å². The van der Waals surface area contributed by atoms with Crippen LogP contribution in [0.4, 0.5) is 0 Å². The zero-order valence-corrected chi connectivity index (χ0v) is 7.44. The highest BCUT2D eigenvalue weighted by Crippen LogP contribution is 1.76. The number of aldehydes is 1. The quantitative estimate of drug-likeness (QED) is 0.503. The monoisotopic (exact) mass is 182 g/mol. The van der Waals surface area contributed by atoms with Crippen LogP contribution in [0.3, 0.4) is 0 Å². The van der Waals surface area contributed by atoms with E-state index in [0.717, 1.165) is 6.29 Å². The van der Waals surface area contributed by atoms with Crippen molar-refractivity contribution in [3.05, 3.63) is 0 Å². The third-order valence-corrected chi connectivity index (χ3v) is 1.62. The third-order valence-electron chi connectivity index (χ3n) is 1.62. The number of hydrogen-bond donors (Lipinski definition) is 2. The van der Waals surface area contributed by atoms with Crippen LogP contribution in [-0.4, -0.2) is 51.1 Å². The molecule has 2 N–H and O–H groups in total. The van der Waals surface area contributed by atoms with Crippen LogP contribution in [-0.2, 0) is 4.79 Å². The van der Waals surface area contributed by atoms with E-state index in [0.29, 0.717) is 26.2 Å². The minimum absolute atomic E-state index is 0.275. The van der Waals surface area contributed by atoms with E-state index in [4.69, 9.17) is 0 Å². The van der Waals surface area contributed by atoms with Crippen molar-refractivity contribution in [2.45, 2.75) is 6.17 Å². The van der Waals surface area contributed by atoms with Crippen molar-refractivity contribution in [2.75, 3.05) is 26.2 Å². The first-order valence-corrected chi connectivity index (χ1v) is 4.34. The summed E-state index contributed by atoms with van der Waals surface area (Å²) in [6.07, 6.45) is 3.94. The van der Waals surface area contributed by atoms with Crippen LogP contribution in [0, 0.1) is 0 Å². The Kier molecular flexibility index (Phi) is 4.97. The largest absolute Gasteiger partial charge is 0.300 e. The molecule has 72 valence electrons. The Morgan fingerprint density at radius 2 is 1.69 bits per heavy atom. The lowest BCUT2D eigenvalue weighted by Gasteiger charge is -2.12. The molecule has 1 aliphatic rings. The zero-order chi connectivity index (χ0) is 9.36. The van der Waals surface area contributed by atoms with Gasteiger partial charge >= 0.3 is 0 Å². The van der Waals surface area contributed by atoms with Gasteiger partial charge in [-0.05, 0) is 0 Å². The predicted octanol–water partition coefficient (Wildman–Crippen LogP) is -1.15. The van der Waals surface area contributed by atoms with Crippen LogP contribution < -0.4 is 10.6 Å². The summed E-state index contributed by atoms with van der Waals surface area (Å²) in [7, 11) is 0. The number of carbonyl (C=O) groups excluding carboxylic acids is 1. The van der Waals surface area contributed by atoms with Crippen LogP contribution in [0.15, 0.2) is 9.98 Å². The Balaban J connectivity index is 2.38. The van der Waals surface area contributed by atoms with Gasteiger partial charge in [0.2, 0.25) is 0 Å². The third kappa shape index (κ3) is 4.49. The first-order valence-electron chi connectivity index (χ1n) is 4.34. The summed E-state index contributed by atoms with van der Waals surface area (Å²) in [6, 6.07) is 0. The molecule has 0 bridgehead atoms. The molecule has 0 aromatic heterocycles. The second-order valence-electron chi connectivity index (χ2n) is 2.63. The Bertz CT molecular complexity index is 184. The fourth-order valence-corrected chi connectivity index (χ4v) is 0.981. The van der Waals surface area contributed by atoms with Crippen LogP contribution in [0.1, 0.15) is 0 Å². The summed E-state index contributed by atoms with van der Waals surface area (Å²) < 4.78 is 0. The van der Waals surface area contributed by atoms with Crippen molar-refractivity contribution in [2.24, 2.45) is 9.98 Å².